The first-order valence-electron chi connectivity index (χ1n) is 5.86. The van der Waals surface area contributed by atoms with Gasteiger partial charge in [0.2, 0.25) is 0 Å². The molecule has 1 heterocycles. The number of aliphatic hydroxyl groups is 1. The highest BCUT2D eigenvalue weighted by atomic mass is 16.5. The van der Waals surface area contributed by atoms with Crippen molar-refractivity contribution in [3.63, 3.8) is 0 Å². The standard InChI is InChI=1S/C13H19NO2/c14-8-10-4-1-2-6-12(10)13(15)11-5-3-7-16-9-11/h1-2,4,6,11,13,15H,3,5,7-9,14H2. The lowest BCUT2D eigenvalue weighted by Gasteiger charge is -2.28. The van der Waals surface area contributed by atoms with E-state index in [-0.39, 0.29) is 5.92 Å². The van der Waals surface area contributed by atoms with Crippen LogP contribution in [0.5, 0.6) is 0 Å². The molecule has 2 atom stereocenters. The lowest BCUT2D eigenvalue weighted by Crippen LogP contribution is -2.24. The molecular formula is C13H19NO2. The van der Waals surface area contributed by atoms with Gasteiger partial charge in [0.1, 0.15) is 0 Å². The highest BCUT2D eigenvalue weighted by Crippen LogP contribution is 2.30. The van der Waals surface area contributed by atoms with Gasteiger partial charge in [0.05, 0.1) is 12.7 Å². The van der Waals surface area contributed by atoms with Crippen molar-refractivity contribution >= 4 is 0 Å². The van der Waals surface area contributed by atoms with E-state index in [4.69, 9.17) is 10.5 Å². The summed E-state index contributed by atoms with van der Waals surface area (Å²) in [4.78, 5) is 0. The molecule has 3 heteroatoms. The molecule has 1 aliphatic heterocycles. The molecule has 0 bridgehead atoms. The molecule has 0 amide bonds. The Morgan fingerprint density at radius 1 is 1.44 bits per heavy atom. The second kappa shape index (κ2) is 5.43. The SMILES string of the molecule is NCc1ccccc1C(O)C1CCCOC1. The molecule has 2 unspecified atom stereocenters. The van der Waals surface area contributed by atoms with Gasteiger partial charge in [-0.25, -0.2) is 0 Å². The Bertz CT molecular complexity index is 334. The van der Waals surface area contributed by atoms with E-state index in [0.717, 1.165) is 30.6 Å². The molecule has 1 aliphatic rings. The highest BCUT2D eigenvalue weighted by Gasteiger charge is 2.24. The summed E-state index contributed by atoms with van der Waals surface area (Å²) in [5.74, 6) is 0.210. The Morgan fingerprint density at radius 3 is 2.94 bits per heavy atom. The zero-order valence-electron chi connectivity index (χ0n) is 9.43. The first kappa shape index (κ1) is 11.6. The van der Waals surface area contributed by atoms with Crippen LogP contribution in [0, 0.1) is 5.92 Å². The van der Waals surface area contributed by atoms with E-state index in [9.17, 15) is 5.11 Å². The lowest BCUT2D eigenvalue weighted by molar-refractivity contribution is -0.0103. The van der Waals surface area contributed by atoms with Gasteiger partial charge < -0.3 is 15.6 Å². The second-order valence-corrected chi connectivity index (χ2v) is 4.32. The van der Waals surface area contributed by atoms with Crippen molar-refractivity contribution in [2.24, 2.45) is 11.7 Å². The monoisotopic (exact) mass is 221 g/mol. The normalized spacial score (nSPS) is 23.0. The van der Waals surface area contributed by atoms with Gasteiger partial charge in [0.15, 0.2) is 0 Å². The summed E-state index contributed by atoms with van der Waals surface area (Å²) in [6.07, 6.45) is 1.62. The fraction of sp³-hybridized carbons (Fsp3) is 0.538. The van der Waals surface area contributed by atoms with Crippen molar-refractivity contribution in [1.29, 1.82) is 0 Å². The number of ether oxygens (including phenoxy) is 1. The van der Waals surface area contributed by atoms with E-state index in [0.29, 0.717) is 13.2 Å². The maximum Gasteiger partial charge on any atom is 0.0843 e. The minimum atomic E-state index is -0.444. The number of aliphatic hydroxyl groups excluding tert-OH is 1. The molecule has 1 fully saturated rings. The largest absolute Gasteiger partial charge is 0.388 e. The molecule has 0 radical (unpaired) electrons. The first-order chi connectivity index (χ1) is 7.83. The third-order valence-electron chi connectivity index (χ3n) is 3.24. The van der Waals surface area contributed by atoms with Crippen LogP contribution in [0.1, 0.15) is 30.1 Å². The fourth-order valence-electron chi connectivity index (χ4n) is 2.28. The minimum absolute atomic E-state index is 0.210. The Hall–Kier alpha value is -0.900. The second-order valence-electron chi connectivity index (χ2n) is 4.32. The predicted molar refractivity (Wildman–Crippen MR) is 62.8 cm³/mol. The zero-order chi connectivity index (χ0) is 11.4. The number of hydrogen-bond acceptors (Lipinski definition) is 3. The Morgan fingerprint density at radius 2 is 2.25 bits per heavy atom. The number of hydrogen-bond donors (Lipinski definition) is 2. The van der Waals surface area contributed by atoms with Crippen LogP contribution in [0.25, 0.3) is 0 Å². The van der Waals surface area contributed by atoms with E-state index in [1.54, 1.807) is 0 Å². The average molecular weight is 221 g/mol. The van der Waals surface area contributed by atoms with Crippen LogP contribution in [0.4, 0.5) is 0 Å². The maximum absolute atomic E-state index is 10.3. The van der Waals surface area contributed by atoms with Crippen molar-refractivity contribution in [2.45, 2.75) is 25.5 Å². The van der Waals surface area contributed by atoms with E-state index in [2.05, 4.69) is 0 Å². The molecule has 3 nitrogen and oxygen atoms in total. The van der Waals surface area contributed by atoms with Gasteiger partial charge in [-0.15, -0.1) is 0 Å². The molecule has 16 heavy (non-hydrogen) atoms. The molecule has 88 valence electrons. The van der Waals surface area contributed by atoms with E-state index >= 15 is 0 Å². The summed E-state index contributed by atoms with van der Waals surface area (Å²) in [6, 6.07) is 7.83. The van der Waals surface area contributed by atoms with Crippen molar-refractivity contribution in [3.05, 3.63) is 35.4 Å². The molecule has 0 aliphatic carbocycles. The summed E-state index contributed by atoms with van der Waals surface area (Å²) in [5.41, 5.74) is 7.66. The quantitative estimate of drug-likeness (QED) is 0.815. The summed E-state index contributed by atoms with van der Waals surface area (Å²) in [5, 5.41) is 10.3. The van der Waals surface area contributed by atoms with Gasteiger partial charge in [0, 0.05) is 19.1 Å². The molecule has 0 saturated carbocycles. The molecule has 0 aromatic heterocycles. The van der Waals surface area contributed by atoms with Crippen LogP contribution < -0.4 is 5.73 Å². The van der Waals surface area contributed by atoms with Crippen LogP contribution in [0.2, 0.25) is 0 Å². The van der Waals surface area contributed by atoms with Gasteiger partial charge in [-0.1, -0.05) is 24.3 Å². The van der Waals surface area contributed by atoms with Crippen molar-refractivity contribution in [2.75, 3.05) is 13.2 Å². The summed E-state index contributed by atoms with van der Waals surface area (Å²) in [6.45, 7) is 1.95. The smallest absolute Gasteiger partial charge is 0.0843 e. The third-order valence-corrected chi connectivity index (χ3v) is 3.24. The minimum Gasteiger partial charge on any atom is -0.388 e. The van der Waals surface area contributed by atoms with E-state index < -0.39 is 6.10 Å². The Balaban J connectivity index is 2.15. The van der Waals surface area contributed by atoms with E-state index in [1.807, 2.05) is 24.3 Å². The molecule has 0 spiro atoms. The van der Waals surface area contributed by atoms with Crippen molar-refractivity contribution in [3.8, 4) is 0 Å². The Kier molecular flexibility index (Phi) is 3.93. The average Bonchev–Trinajstić information content (AvgIpc) is 2.39. The highest BCUT2D eigenvalue weighted by molar-refractivity contribution is 5.29. The van der Waals surface area contributed by atoms with Gasteiger partial charge in [-0.05, 0) is 24.0 Å². The van der Waals surface area contributed by atoms with Crippen LogP contribution in [0.3, 0.4) is 0 Å². The van der Waals surface area contributed by atoms with Crippen molar-refractivity contribution in [1.82, 2.24) is 0 Å². The third kappa shape index (κ3) is 2.43. The van der Waals surface area contributed by atoms with Gasteiger partial charge in [-0.2, -0.15) is 0 Å². The summed E-state index contributed by atoms with van der Waals surface area (Å²) < 4.78 is 5.41. The van der Waals surface area contributed by atoms with Gasteiger partial charge in [0.25, 0.3) is 0 Å². The van der Waals surface area contributed by atoms with Crippen LogP contribution >= 0.6 is 0 Å². The van der Waals surface area contributed by atoms with Crippen LogP contribution in [0.15, 0.2) is 24.3 Å². The van der Waals surface area contributed by atoms with Crippen LogP contribution in [-0.4, -0.2) is 18.3 Å². The summed E-state index contributed by atoms with van der Waals surface area (Å²) >= 11 is 0. The summed E-state index contributed by atoms with van der Waals surface area (Å²) in [7, 11) is 0. The fourth-order valence-corrected chi connectivity index (χ4v) is 2.28. The first-order valence-corrected chi connectivity index (χ1v) is 5.86. The topological polar surface area (TPSA) is 55.5 Å². The molecule has 1 saturated heterocycles. The van der Waals surface area contributed by atoms with E-state index in [1.165, 1.54) is 0 Å². The maximum atomic E-state index is 10.3. The van der Waals surface area contributed by atoms with Crippen molar-refractivity contribution < 1.29 is 9.84 Å². The van der Waals surface area contributed by atoms with Gasteiger partial charge >= 0.3 is 0 Å². The molecule has 1 aromatic carbocycles. The molecular weight excluding hydrogens is 202 g/mol. The zero-order valence-corrected chi connectivity index (χ0v) is 9.43. The number of nitrogens with two attached hydrogens (primary N) is 1. The van der Waals surface area contributed by atoms with Crippen LogP contribution in [-0.2, 0) is 11.3 Å². The number of benzene rings is 1. The lowest BCUT2D eigenvalue weighted by atomic mass is 9.89. The van der Waals surface area contributed by atoms with Gasteiger partial charge in [-0.3, -0.25) is 0 Å². The number of rotatable bonds is 3. The molecule has 1 aromatic rings. The predicted octanol–water partition coefficient (Wildman–Crippen LogP) is 1.61. The Labute approximate surface area is 96.2 Å². The molecule has 3 N–H and O–H groups in total. The molecule has 2 rings (SSSR count).